The minimum absolute atomic E-state index is 0.407. The van der Waals surface area contributed by atoms with Gasteiger partial charge < -0.3 is 10.2 Å². The summed E-state index contributed by atoms with van der Waals surface area (Å²) < 4.78 is 1.17. The van der Waals surface area contributed by atoms with Crippen LogP contribution in [0.2, 0.25) is 0 Å². The zero-order chi connectivity index (χ0) is 14.0. The Balaban J connectivity index is 2.21. The van der Waals surface area contributed by atoms with Gasteiger partial charge in [-0.05, 0) is 42.5 Å². The van der Waals surface area contributed by atoms with Gasteiger partial charge in [-0.15, -0.1) is 0 Å². The highest BCUT2D eigenvalue weighted by molar-refractivity contribution is 9.10. The summed E-state index contributed by atoms with van der Waals surface area (Å²) in [7, 11) is 2.01. The lowest BCUT2D eigenvalue weighted by Gasteiger charge is -2.28. The van der Waals surface area contributed by atoms with Gasteiger partial charge in [0, 0.05) is 29.8 Å². The van der Waals surface area contributed by atoms with Crippen molar-refractivity contribution in [3.63, 3.8) is 0 Å². The van der Waals surface area contributed by atoms with Gasteiger partial charge in [0.05, 0.1) is 0 Å². The smallest absolute Gasteiger partial charge is 0.0423 e. The van der Waals surface area contributed by atoms with Crippen LogP contribution in [0.4, 0.5) is 5.69 Å². The molecule has 1 heterocycles. The molecule has 1 aromatic carbocycles. The second-order valence-electron chi connectivity index (χ2n) is 6.60. The molecule has 1 aliphatic heterocycles. The van der Waals surface area contributed by atoms with Crippen molar-refractivity contribution in [3.8, 4) is 0 Å². The molecule has 19 heavy (non-hydrogen) atoms. The number of nitrogens with one attached hydrogen (secondary N) is 1. The monoisotopic (exact) mass is 324 g/mol. The zero-order valence-electron chi connectivity index (χ0n) is 12.5. The molecule has 2 nitrogen and oxygen atoms in total. The van der Waals surface area contributed by atoms with Crippen LogP contribution in [0.3, 0.4) is 0 Å². The zero-order valence-corrected chi connectivity index (χ0v) is 14.0. The first-order valence-corrected chi connectivity index (χ1v) is 7.89. The van der Waals surface area contributed by atoms with Crippen LogP contribution in [0.15, 0.2) is 22.7 Å². The number of halogens is 1. The lowest BCUT2D eigenvalue weighted by Crippen LogP contribution is -2.26. The summed E-state index contributed by atoms with van der Waals surface area (Å²) in [6.45, 7) is 10.4. The molecule has 0 amide bonds. The second-order valence-corrected chi connectivity index (χ2v) is 7.52. The Labute approximate surface area is 125 Å². The van der Waals surface area contributed by atoms with Gasteiger partial charge in [0.15, 0.2) is 0 Å². The standard InChI is InChI=1S/C16H25BrN2/c1-16(2,3)13-7-8-19(11-13)15-9-14(17)6-5-12(15)10-18-4/h5-6,9,13,18H,7-8,10-11H2,1-4H3. The predicted molar refractivity (Wildman–Crippen MR) is 86.7 cm³/mol. The van der Waals surface area contributed by atoms with Gasteiger partial charge in [0.1, 0.15) is 0 Å². The van der Waals surface area contributed by atoms with E-state index in [9.17, 15) is 0 Å². The highest BCUT2D eigenvalue weighted by Gasteiger charge is 2.32. The molecule has 1 fully saturated rings. The van der Waals surface area contributed by atoms with Crippen LogP contribution in [-0.2, 0) is 6.54 Å². The minimum Gasteiger partial charge on any atom is -0.371 e. The van der Waals surface area contributed by atoms with Gasteiger partial charge in [-0.25, -0.2) is 0 Å². The molecule has 3 heteroatoms. The maximum absolute atomic E-state index is 3.60. The third kappa shape index (κ3) is 3.51. The molecule has 1 saturated heterocycles. The predicted octanol–water partition coefficient (Wildman–Crippen LogP) is 4.04. The lowest BCUT2D eigenvalue weighted by atomic mass is 9.80. The van der Waals surface area contributed by atoms with Crippen LogP contribution >= 0.6 is 15.9 Å². The lowest BCUT2D eigenvalue weighted by molar-refractivity contribution is 0.263. The SMILES string of the molecule is CNCc1ccc(Br)cc1N1CCC(C(C)(C)C)C1. The molecule has 1 aromatic rings. The molecule has 0 aromatic heterocycles. The van der Waals surface area contributed by atoms with Crippen LogP contribution in [-0.4, -0.2) is 20.1 Å². The number of hydrogen-bond acceptors (Lipinski definition) is 2. The van der Waals surface area contributed by atoms with Gasteiger partial charge in [-0.1, -0.05) is 42.8 Å². The Morgan fingerprint density at radius 3 is 2.68 bits per heavy atom. The van der Waals surface area contributed by atoms with Gasteiger partial charge in [-0.3, -0.25) is 0 Å². The Morgan fingerprint density at radius 2 is 2.11 bits per heavy atom. The molecular weight excluding hydrogens is 300 g/mol. The summed E-state index contributed by atoms with van der Waals surface area (Å²) in [6.07, 6.45) is 1.30. The maximum Gasteiger partial charge on any atom is 0.0423 e. The van der Waals surface area contributed by atoms with E-state index >= 15 is 0 Å². The third-order valence-corrected chi connectivity index (χ3v) is 4.66. The van der Waals surface area contributed by atoms with E-state index in [1.807, 2.05) is 7.05 Å². The maximum atomic E-state index is 3.60. The first-order valence-electron chi connectivity index (χ1n) is 7.10. The minimum atomic E-state index is 0.407. The summed E-state index contributed by atoms with van der Waals surface area (Å²) in [6, 6.07) is 6.62. The molecule has 1 N–H and O–H groups in total. The van der Waals surface area contributed by atoms with E-state index in [1.165, 1.54) is 35.2 Å². The topological polar surface area (TPSA) is 15.3 Å². The Morgan fingerprint density at radius 1 is 1.37 bits per heavy atom. The number of rotatable bonds is 3. The molecule has 1 unspecified atom stereocenters. The summed E-state index contributed by atoms with van der Waals surface area (Å²) in [5.74, 6) is 0.786. The van der Waals surface area contributed by atoms with Crippen molar-refractivity contribution in [2.75, 3.05) is 25.0 Å². The molecule has 0 saturated carbocycles. The summed E-state index contributed by atoms with van der Waals surface area (Å²) in [4.78, 5) is 2.55. The molecule has 0 aliphatic carbocycles. The fraction of sp³-hybridized carbons (Fsp3) is 0.625. The largest absolute Gasteiger partial charge is 0.371 e. The van der Waals surface area contributed by atoms with Crippen LogP contribution in [0, 0.1) is 11.3 Å². The third-order valence-electron chi connectivity index (χ3n) is 4.17. The van der Waals surface area contributed by atoms with Crippen molar-refractivity contribution >= 4 is 21.6 Å². The van der Waals surface area contributed by atoms with Gasteiger partial charge in [-0.2, -0.15) is 0 Å². The van der Waals surface area contributed by atoms with Crippen molar-refractivity contribution in [1.82, 2.24) is 5.32 Å². The van der Waals surface area contributed by atoms with Gasteiger partial charge in [0.2, 0.25) is 0 Å². The number of benzene rings is 1. The molecule has 2 rings (SSSR count). The first-order chi connectivity index (χ1) is 8.91. The first kappa shape index (κ1) is 14.9. The molecule has 1 atom stereocenters. The quantitative estimate of drug-likeness (QED) is 0.902. The van der Waals surface area contributed by atoms with Gasteiger partial charge in [0.25, 0.3) is 0 Å². The number of hydrogen-bond donors (Lipinski definition) is 1. The van der Waals surface area contributed by atoms with Crippen molar-refractivity contribution in [2.24, 2.45) is 11.3 Å². The van der Waals surface area contributed by atoms with E-state index in [1.54, 1.807) is 0 Å². The van der Waals surface area contributed by atoms with E-state index in [0.717, 1.165) is 12.5 Å². The summed E-state index contributed by atoms with van der Waals surface area (Å²) in [5, 5.41) is 3.27. The van der Waals surface area contributed by atoms with E-state index < -0.39 is 0 Å². The summed E-state index contributed by atoms with van der Waals surface area (Å²) >= 11 is 3.60. The van der Waals surface area contributed by atoms with Crippen molar-refractivity contribution in [2.45, 2.75) is 33.7 Å². The Hall–Kier alpha value is -0.540. The van der Waals surface area contributed by atoms with E-state index in [4.69, 9.17) is 0 Å². The Kier molecular flexibility index (Phi) is 4.57. The average molecular weight is 325 g/mol. The molecule has 0 spiro atoms. The van der Waals surface area contributed by atoms with Crippen LogP contribution in [0.1, 0.15) is 32.8 Å². The van der Waals surface area contributed by atoms with E-state index in [0.29, 0.717) is 5.41 Å². The molecule has 0 bridgehead atoms. The fourth-order valence-corrected chi connectivity index (χ4v) is 3.21. The Bertz CT molecular complexity index is 437. The average Bonchev–Trinajstić information content (AvgIpc) is 2.80. The second kappa shape index (κ2) is 5.84. The highest BCUT2D eigenvalue weighted by Crippen LogP contribution is 2.37. The molecule has 106 valence electrons. The van der Waals surface area contributed by atoms with E-state index in [2.05, 4.69) is 65.1 Å². The van der Waals surface area contributed by atoms with Crippen LogP contribution in [0.25, 0.3) is 0 Å². The molecule has 1 aliphatic rings. The van der Waals surface area contributed by atoms with Crippen LogP contribution in [0.5, 0.6) is 0 Å². The molecular formula is C16H25BrN2. The number of nitrogens with zero attached hydrogens (tertiary/aromatic N) is 1. The fourth-order valence-electron chi connectivity index (χ4n) is 2.86. The van der Waals surface area contributed by atoms with Crippen molar-refractivity contribution in [1.29, 1.82) is 0 Å². The van der Waals surface area contributed by atoms with Crippen molar-refractivity contribution < 1.29 is 0 Å². The number of anilines is 1. The summed E-state index contributed by atoms with van der Waals surface area (Å²) in [5.41, 5.74) is 3.18. The normalized spacial score (nSPS) is 20.1. The highest BCUT2D eigenvalue weighted by atomic mass is 79.9. The van der Waals surface area contributed by atoms with Crippen LogP contribution < -0.4 is 10.2 Å². The van der Waals surface area contributed by atoms with Gasteiger partial charge >= 0.3 is 0 Å². The van der Waals surface area contributed by atoms with Crippen molar-refractivity contribution in [3.05, 3.63) is 28.2 Å². The van der Waals surface area contributed by atoms with E-state index in [-0.39, 0.29) is 0 Å². The molecule has 0 radical (unpaired) electrons.